The molecule has 1 saturated carbocycles. The van der Waals surface area contributed by atoms with E-state index in [1.54, 1.807) is 0 Å². The number of hydrogen-bond acceptors (Lipinski definition) is 2. The van der Waals surface area contributed by atoms with Crippen molar-refractivity contribution in [3.63, 3.8) is 0 Å². The molecule has 0 aromatic heterocycles. The minimum Gasteiger partial charge on any atom is -0.294 e. The normalized spacial score (nSPS) is 18.7. The lowest BCUT2D eigenvalue weighted by molar-refractivity contribution is -0.110. The average molecular weight is 128 g/mol. The highest BCUT2D eigenvalue weighted by Gasteiger charge is 2.15. The minimum atomic E-state index is 0.665. The van der Waals surface area contributed by atoms with Crippen LogP contribution in [0.5, 0.6) is 0 Å². The van der Waals surface area contributed by atoms with Gasteiger partial charge < -0.3 is 0 Å². The van der Waals surface area contributed by atoms with Gasteiger partial charge in [0.2, 0.25) is 6.41 Å². The van der Waals surface area contributed by atoms with Crippen molar-refractivity contribution in [2.24, 2.45) is 5.92 Å². The first-order valence-corrected chi connectivity index (χ1v) is 3.35. The first-order valence-electron chi connectivity index (χ1n) is 3.35. The van der Waals surface area contributed by atoms with Crippen molar-refractivity contribution in [2.45, 2.75) is 19.3 Å². The number of hydrazine groups is 1. The zero-order chi connectivity index (χ0) is 6.53. The van der Waals surface area contributed by atoms with Gasteiger partial charge in [0.25, 0.3) is 0 Å². The van der Waals surface area contributed by atoms with Gasteiger partial charge in [0.1, 0.15) is 0 Å². The van der Waals surface area contributed by atoms with Crippen LogP contribution in [-0.2, 0) is 4.79 Å². The molecule has 9 heavy (non-hydrogen) atoms. The maximum Gasteiger partial charge on any atom is 0.221 e. The van der Waals surface area contributed by atoms with Crippen molar-refractivity contribution in [1.82, 2.24) is 10.9 Å². The van der Waals surface area contributed by atoms with Gasteiger partial charge in [0, 0.05) is 6.54 Å². The molecule has 2 N–H and O–H groups in total. The fourth-order valence-corrected chi connectivity index (χ4v) is 0.942. The van der Waals surface area contributed by atoms with Crippen molar-refractivity contribution in [3.05, 3.63) is 0 Å². The summed E-state index contributed by atoms with van der Waals surface area (Å²) in [6, 6.07) is 0. The standard InChI is InChI=1S/C6H12N2O/c9-5-8-7-4-6-2-1-3-6/h5-7H,1-4H2,(H,8,9). The topological polar surface area (TPSA) is 41.1 Å². The van der Waals surface area contributed by atoms with E-state index < -0.39 is 0 Å². The van der Waals surface area contributed by atoms with Gasteiger partial charge in [-0.2, -0.15) is 0 Å². The summed E-state index contributed by atoms with van der Waals surface area (Å²) >= 11 is 0. The molecule has 0 heterocycles. The number of carbonyl (C=O) groups excluding carboxylic acids is 1. The van der Waals surface area contributed by atoms with E-state index in [-0.39, 0.29) is 0 Å². The molecule has 1 rings (SSSR count). The Bertz CT molecular complexity index is 91.1. The number of hydrogen-bond donors (Lipinski definition) is 2. The van der Waals surface area contributed by atoms with E-state index in [2.05, 4.69) is 10.9 Å². The van der Waals surface area contributed by atoms with E-state index in [4.69, 9.17) is 0 Å². The molecule has 1 aliphatic carbocycles. The lowest BCUT2D eigenvalue weighted by atomic mass is 9.86. The molecule has 1 aliphatic rings. The van der Waals surface area contributed by atoms with Gasteiger partial charge in [-0.05, 0) is 18.8 Å². The van der Waals surface area contributed by atoms with E-state index in [1.165, 1.54) is 19.3 Å². The molecular weight excluding hydrogens is 116 g/mol. The molecule has 0 bridgehead atoms. The Labute approximate surface area is 54.8 Å². The predicted molar refractivity (Wildman–Crippen MR) is 34.5 cm³/mol. The van der Waals surface area contributed by atoms with Gasteiger partial charge in [-0.25, -0.2) is 5.43 Å². The molecule has 3 nitrogen and oxygen atoms in total. The molecule has 0 unspecified atom stereocenters. The Hall–Kier alpha value is -0.570. The molecule has 0 aliphatic heterocycles. The molecule has 3 heteroatoms. The highest BCUT2D eigenvalue weighted by Crippen LogP contribution is 2.24. The van der Waals surface area contributed by atoms with E-state index in [0.717, 1.165) is 12.5 Å². The monoisotopic (exact) mass is 128 g/mol. The zero-order valence-electron chi connectivity index (χ0n) is 5.39. The van der Waals surface area contributed by atoms with Crippen LogP contribution in [0.1, 0.15) is 19.3 Å². The van der Waals surface area contributed by atoms with E-state index in [1.807, 2.05) is 0 Å². The summed E-state index contributed by atoms with van der Waals surface area (Å²) in [7, 11) is 0. The first-order chi connectivity index (χ1) is 4.43. The van der Waals surface area contributed by atoms with Crippen molar-refractivity contribution in [3.8, 4) is 0 Å². The van der Waals surface area contributed by atoms with Gasteiger partial charge >= 0.3 is 0 Å². The second-order valence-corrected chi connectivity index (χ2v) is 2.44. The highest BCUT2D eigenvalue weighted by atomic mass is 16.1. The lowest BCUT2D eigenvalue weighted by Crippen LogP contribution is -2.36. The van der Waals surface area contributed by atoms with Crippen LogP contribution in [-0.4, -0.2) is 13.0 Å². The molecule has 1 fully saturated rings. The van der Waals surface area contributed by atoms with E-state index in [0.29, 0.717) is 6.41 Å². The van der Waals surface area contributed by atoms with Gasteiger partial charge in [-0.1, -0.05) is 6.42 Å². The van der Waals surface area contributed by atoms with Crippen molar-refractivity contribution in [1.29, 1.82) is 0 Å². The van der Waals surface area contributed by atoms with Crippen LogP contribution in [0.3, 0.4) is 0 Å². The van der Waals surface area contributed by atoms with Crippen LogP contribution in [0.15, 0.2) is 0 Å². The Morgan fingerprint density at radius 3 is 2.78 bits per heavy atom. The molecular formula is C6H12N2O. The number of nitrogens with one attached hydrogen (secondary N) is 2. The maximum absolute atomic E-state index is 9.72. The van der Waals surface area contributed by atoms with Crippen LogP contribution in [0.4, 0.5) is 0 Å². The summed E-state index contributed by atoms with van der Waals surface area (Å²) in [6.45, 7) is 0.929. The smallest absolute Gasteiger partial charge is 0.221 e. The molecule has 0 spiro atoms. The molecule has 0 atom stereocenters. The van der Waals surface area contributed by atoms with E-state index in [9.17, 15) is 4.79 Å². The SMILES string of the molecule is O=CNNCC1CCC1. The molecule has 0 aromatic carbocycles. The third kappa shape index (κ3) is 2.01. The molecule has 0 radical (unpaired) electrons. The fourth-order valence-electron chi connectivity index (χ4n) is 0.942. The third-order valence-electron chi connectivity index (χ3n) is 1.78. The van der Waals surface area contributed by atoms with Crippen LogP contribution >= 0.6 is 0 Å². The molecule has 52 valence electrons. The lowest BCUT2D eigenvalue weighted by Gasteiger charge is -2.24. The number of rotatable bonds is 4. The molecule has 0 aromatic rings. The zero-order valence-corrected chi connectivity index (χ0v) is 5.39. The summed E-state index contributed by atoms with van der Waals surface area (Å²) in [4.78, 5) is 9.72. The number of carbonyl (C=O) groups is 1. The minimum absolute atomic E-state index is 0.665. The van der Waals surface area contributed by atoms with Crippen molar-refractivity contribution >= 4 is 6.41 Å². The maximum atomic E-state index is 9.72. The summed E-state index contributed by atoms with van der Waals surface area (Å²) in [5.74, 6) is 0.803. The van der Waals surface area contributed by atoms with E-state index >= 15 is 0 Å². The van der Waals surface area contributed by atoms with Gasteiger partial charge in [-0.3, -0.25) is 10.2 Å². The number of amides is 1. The average Bonchev–Trinajstić information content (AvgIpc) is 1.76. The molecule has 1 amide bonds. The third-order valence-corrected chi connectivity index (χ3v) is 1.78. The predicted octanol–water partition coefficient (Wildman–Crippen LogP) is 0.0371. The summed E-state index contributed by atoms with van der Waals surface area (Å²) < 4.78 is 0. The summed E-state index contributed by atoms with van der Waals surface area (Å²) in [5, 5.41) is 0. The fraction of sp³-hybridized carbons (Fsp3) is 0.833. The Morgan fingerprint density at radius 1 is 1.56 bits per heavy atom. The Kier molecular flexibility index (Phi) is 2.51. The largest absolute Gasteiger partial charge is 0.294 e. The molecule has 0 saturated heterocycles. The summed E-state index contributed by atoms with van der Waals surface area (Å²) in [5.41, 5.74) is 5.24. The highest BCUT2D eigenvalue weighted by molar-refractivity contribution is 5.44. The quantitative estimate of drug-likeness (QED) is 0.319. The van der Waals surface area contributed by atoms with Crippen LogP contribution in [0, 0.1) is 5.92 Å². The van der Waals surface area contributed by atoms with Crippen molar-refractivity contribution < 1.29 is 4.79 Å². The van der Waals surface area contributed by atoms with Crippen LogP contribution < -0.4 is 10.9 Å². The van der Waals surface area contributed by atoms with Gasteiger partial charge in [0.05, 0.1) is 0 Å². The first kappa shape index (κ1) is 6.55. The Balaban J connectivity index is 1.85. The van der Waals surface area contributed by atoms with Crippen molar-refractivity contribution in [2.75, 3.05) is 6.54 Å². The van der Waals surface area contributed by atoms with Crippen LogP contribution in [0.25, 0.3) is 0 Å². The van der Waals surface area contributed by atoms with Gasteiger partial charge in [-0.15, -0.1) is 0 Å². The second-order valence-electron chi connectivity index (χ2n) is 2.44. The van der Waals surface area contributed by atoms with Crippen LogP contribution in [0.2, 0.25) is 0 Å². The summed E-state index contributed by atoms with van der Waals surface area (Å²) in [6.07, 6.45) is 4.65. The second kappa shape index (κ2) is 3.45. The van der Waals surface area contributed by atoms with Gasteiger partial charge in [0.15, 0.2) is 0 Å². The Morgan fingerprint density at radius 2 is 2.33 bits per heavy atom.